The predicted octanol–water partition coefficient (Wildman–Crippen LogP) is 3.12. The number of H-pyrrole nitrogens is 1. The summed E-state index contributed by atoms with van der Waals surface area (Å²) in [7, 11) is -3.80. The number of aromatic nitrogens is 3. The molecule has 0 fully saturated rings. The molecular formula is C16H17ClN4O3S. The third kappa shape index (κ3) is 3.60. The molecule has 0 saturated carbocycles. The van der Waals surface area contributed by atoms with E-state index >= 15 is 0 Å². The number of aromatic amines is 1. The van der Waals surface area contributed by atoms with Gasteiger partial charge in [-0.05, 0) is 31.5 Å². The lowest BCUT2D eigenvalue weighted by atomic mass is 10.2. The molecule has 2 aromatic heterocycles. The van der Waals surface area contributed by atoms with Crippen LogP contribution in [0.15, 0.2) is 33.6 Å². The van der Waals surface area contributed by atoms with E-state index in [1.165, 1.54) is 0 Å². The van der Waals surface area contributed by atoms with E-state index in [-0.39, 0.29) is 17.3 Å². The van der Waals surface area contributed by atoms with Crippen molar-refractivity contribution in [1.82, 2.24) is 19.9 Å². The van der Waals surface area contributed by atoms with Crippen molar-refractivity contribution in [2.45, 2.75) is 32.2 Å². The lowest BCUT2D eigenvalue weighted by Crippen LogP contribution is -2.24. The van der Waals surface area contributed by atoms with Crippen LogP contribution in [0.25, 0.3) is 11.5 Å². The summed E-state index contributed by atoms with van der Waals surface area (Å²) >= 11 is 5.94. The van der Waals surface area contributed by atoms with Crippen molar-refractivity contribution in [2.75, 3.05) is 0 Å². The van der Waals surface area contributed by atoms with E-state index < -0.39 is 10.0 Å². The van der Waals surface area contributed by atoms with Crippen LogP contribution in [0.2, 0.25) is 5.02 Å². The molecule has 0 amide bonds. The molecule has 132 valence electrons. The molecule has 0 saturated heterocycles. The standard InChI is InChI=1S/C16H17ClN4O3S/c1-9-14(16-21-20-11(3)24-16)15(10(2)19-9)25(22,23)18-8-12-5-4-6-13(17)7-12/h4-7,18-19H,8H2,1-3H3. The average molecular weight is 381 g/mol. The first-order valence-corrected chi connectivity index (χ1v) is 9.38. The first-order valence-electron chi connectivity index (χ1n) is 7.51. The third-order valence-electron chi connectivity index (χ3n) is 3.68. The molecule has 3 aromatic rings. The predicted molar refractivity (Wildman–Crippen MR) is 93.8 cm³/mol. The van der Waals surface area contributed by atoms with Crippen LogP contribution in [-0.4, -0.2) is 23.6 Å². The lowest BCUT2D eigenvalue weighted by Gasteiger charge is -2.08. The minimum Gasteiger partial charge on any atom is -0.421 e. The van der Waals surface area contributed by atoms with E-state index in [0.29, 0.717) is 27.9 Å². The number of benzene rings is 1. The van der Waals surface area contributed by atoms with E-state index in [9.17, 15) is 8.42 Å². The molecule has 0 aliphatic heterocycles. The Morgan fingerprint density at radius 2 is 1.96 bits per heavy atom. The molecule has 7 nitrogen and oxygen atoms in total. The summed E-state index contributed by atoms with van der Waals surface area (Å²) in [5.74, 6) is 0.533. The minimum atomic E-state index is -3.80. The zero-order chi connectivity index (χ0) is 18.2. The fourth-order valence-electron chi connectivity index (χ4n) is 2.65. The fourth-order valence-corrected chi connectivity index (χ4v) is 4.32. The number of halogens is 1. The molecule has 2 N–H and O–H groups in total. The van der Waals surface area contributed by atoms with Crippen molar-refractivity contribution in [3.8, 4) is 11.5 Å². The van der Waals surface area contributed by atoms with Gasteiger partial charge in [-0.25, -0.2) is 13.1 Å². The fraction of sp³-hybridized carbons (Fsp3) is 0.250. The van der Waals surface area contributed by atoms with Crippen LogP contribution in [0, 0.1) is 20.8 Å². The Labute approximate surface area is 150 Å². The molecule has 9 heteroatoms. The van der Waals surface area contributed by atoms with Gasteiger partial charge in [0.1, 0.15) is 4.90 Å². The summed E-state index contributed by atoms with van der Waals surface area (Å²) in [5, 5.41) is 8.28. The van der Waals surface area contributed by atoms with Crippen LogP contribution in [-0.2, 0) is 16.6 Å². The second-order valence-corrected chi connectivity index (χ2v) is 7.80. The van der Waals surface area contributed by atoms with Crippen molar-refractivity contribution in [3.63, 3.8) is 0 Å². The molecular weight excluding hydrogens is 364 g/mol. The Morgan fingerprint density at radius 1 is 1.20 bits per heavy atom. The number of sulfonamides is 1. The maximum atomic E-state index is 12.9. The van der Waals surface area contributed by atoms with Gasteiger partial charge in [0.15, 0.2) is 0 Å². The van der Waals surface area contributed by atoms with Crippen LogP contribution in [0.1, 0.15) is 22.8 Å². The minimum absolute atomic E-state index is 0.107. The first-order chi connectivity index (χ1) is 11.8. The summed E-state index contributed by atoms with van der Waals surface area (Å²) < 4.78 is 33.8. The van der Waals surface area contributed by atoms with Crippen LogP contribution < -0.4 is 4.72 Å². The van der Waals surface area contributed by atoms with Gasteiger partial charge in [0.05, 0.1) is 5.56 Å². The molecule has 0 atom stereocenters. The topological polar surface area (TPSA) is 101 Å². The number of rotatable bonds is 5. The summed E-state index contributed by atoms with van der Waals surface area (Å²) in [6, 6.07) is 7.01. The number of hydrogen-bond donors (Lipinski definition) is 2. The summed E-state index contributed by atoms with van der Waals surface area (Å²) in [6.45, 7) is 5.22. The molecule has 0 aliphatic carbocycles. The Bertz CT molecular complexity index is 1020. The van der Waals surface area contributed by atoms with Gasteiger partial charge in [0.2, 0.25) is 15.9 Å². The molecule has 25 heavy (non-hydrogen) atoms. The highest BCUT2D eigenvalue weighted by atomic mass is 35.5. The van der Waals surface area contributed by atoms with Crippen LogP contribution in [0.3, 0.4) is 0 Å². The Balaban J connectivity index is 1.97. The third-order valence-corrected chi connectivity index (χ3v) is 5.49. The average Bonchev–Trinajstić information content (AvgIpc) is 3.08. The van der Waals surface area contributed by atoms with E-state index in [1.54, 1.807) is 45.0 Å². The summed E-state index contributed by atoms with van der Waals surface area (Å²) in [4.78, 5) is 3.14. The van der Waals surface area contributed by atoms with E-state index in [4.69, 9.17) is 16.0 Å². The monoisotopic (exact) mass is 380 g/mol. The zero-order valence-corrected chi connectivity index (χ0v) is 15.5. The van der Waals surface area contributed by atoms with Crippen molar-refractivity contribution < 1.29 is 12.8 Å². The second kappa shape index (κ2) is 6.62. The molecule has 0 spiro atoms. The molecule has 1 aromatic carbocycles. The van der Waals surface area contributed by atoms with Crippen molar-refractivity contribution >= 4 is 21.6 Å². The normalized spacial score (nSPS) is 11.8. The lowest BCUT2D eigenvalue weighted by molar-refractivity contribution is 0.530. The quantitative estimate of drug-likeness (QED) is 0.708. The van der Waals surface area contributed by atoms with Gasteiger partial charge in [0.25, 0.3) is 5.89 Å². The molecule has 2 heterocycles. The van der Waals surface area contributed by atoms with Gasteiger partial charge in [-0.3, -0.25) is 0 Å². The maximum absolute atomic E-state index is 12.9. The largest absolute Gasteiger partial charge is 0.421 e. The van der Waals surface area contributed by atoms with Gasteiger partial charge in [-0.2, -0.15) is 0 Å². The van der Waals surface area contributed by atoms with Crippen LogP contribution in [0.5, 0.6) is 0 Å². The van der Waals surface area contributed by atoms with Crippen molar-refractivity contribution in [3.05, 3.63) is 52.1 Å². The van der Waals surface area contributed by atoms with Gasteiger partial charge in [-0.1, -0.05) is 23.7 Å². The zero-order valence-electron chi connectivity index (χ0n) is 13.9. The summed E-state index contributed by atoms with van der Waals surface area (Å²) in [5.41, 5.74) is 2.29. The van der Waals surface area contributed by atoms with Gasteiger partial charge >= 0.3 is 0 Å². The Morgan fingerprint density at radius 3 is 2.60 bits per heavy atom. The molecule has 0 unspecified atom stereocenters. The SMILES string of the molecule is Cc1nnc(-c2c(C)[nH]c(C)c2S(=O)(=O)NCc2cccc(Cl)c2)o1. The van der Waals surface area contributed by atoms with Gasteiger partial charge in [0, 0.05) is 29.9 Å². The highest BCUT2D eigenvalue weighted by molar-refractivity contribution is 7.89. The van der Waals surface area contributed by atoms with Crippen molar-refractivity contribution in [1.29, 1.82) is 0 Å². The number of aryl methyl sites for hydroxylation is 3. The number of nitrogens with zero attached hydrogens (tertiary/aromatic N) is 2. The molecule has 3 rings (SSSR count). The molecule has 0 radical (unpaired) electrons. The Hall–Kier alpha value is -2.16. The van der Waals surface area contributed by atoms with Crippen molar-refractivity contribution in [2.24, 2.45) is 0 Å². The van der Waals surface area contributed by atoms with E-state index in [2.05, 4.69) is 19.9 Å². The van der Waals surface area contributed by atoms with Crippen LogP contribution in [0.4, 0.5) is 0 Å². The summed E-state index contributed by atoms with van der Waals surface area (Å²) in [6.07, 6.45) is 0. The number of nitrogens with one attached hydrogen (secondary N) is 2. The molecule has 0 aliphatic rings. The second-order valence-electron chi connectivity index (χ2n) is 5.66. The highest BCUT2D eigenvalue weighted by Gasteiger charge is 2.28. The van der Waals surface area contributed by atoms with Gasteiger partial charge < -0.3 is 9.40 Å². The molecule has 0 bridgehead atoms. The highest BCUT2D eigenvalue weighted by Crippen LogP contribution is 2.32. The van der Waals surface area contributed by atoms with Gasteiger partial charge in [-0.15, -0.1) is 10.2 Å². The first kappa shape index (κ1) is 17.7. The van der Waals surface area contributed by atoms with Crippen LogP contribution >= 0.6 is 11.6 Å². The van der Waals surface area contributed by atoms with E-state index in [1.807, 2.05) is 0 Å². The Kier molecular flexibility index (Phi) is 4.68. The number of hydrogen-bond acceptors (Lipinski definition) is 5. The van der Waals surface area contributed by atoms with E-state index in [0.717, 1.165) is 5.56 Å². The maximum Gasteiger partial charge on any atom is 0.250 e. The smallest absolute Gasteiger partial charge is 0.250 e.